The van der Waals surface area contributed by atoms with Gasteiger partial charge in [0.2, 0.25) is 5.91 Å². The van der Waals surface area contributed by atoms with Crippen LogP contribution in [0.1, 0.15) is 19.8 Å². The molecule has 2 aromatic rings. The highest BCUT2D eigenvalue weighted by molar-refractivity contribution is 6.01. The minimum atomic E-state index is -1.04. The van der Waals surface area contributed by atoms with Crippen LogP contribution in [0.2, 0.25) is 0 Å². The second-order valence-corrected chi connectivity index (χ2v) is 6.54. The van der Waals surface area contributed by atoms with E-state index in [1.807, 2.05) is 30.3 Å². The van der Waals surface area contributed by atoms with Crippen molar-refractivity contribution in [3.8, 4) is 11.5 Å². The average Bonchev–Trinajstić information content (AvgIpc) is 2.70. The van der Waals surface area contributed by atoms with Gasteiger partial charge in [0.05, 0.1) is 18.7 Å². The molecule has 3 rings (SSSR count). The molecule has 8 nitrogen and oxygen atoms in total. The van der Waals surface area contributed by atoms with Crippen molar-refractivity contribution in [2.45, 2.75) is 25.9 Å². The lowest BCUT2D eigenvalue weighted by Gasteiger charge is -2.33. The van der Waals surface area contributed by atoms with E-state index in [1.54, 1.807) is 30.0 Å². The summed E-state index contributed by atoms with van der Waals surface area (Å²) in [5.74, 6) is -0.421. The number of carbonyl (C=O) groups is 3. The van der Waals surface area contributed by atoms with Crippen molar-refractivity contribution in [2.24, 2.45) is 0 Å². The molecule has 8 heteroatoms. The summed E-state index contributed by atoms with van der Waals surface area (Å²) in [7, 11) is 0. The Balaban J connectivity index is 1.71. The van der Waals surface area contributed by atoms with Gasteiger partial charge in [0, 0.05) is 12.1 Å². The molecular weight excluding hydrogens is 376 g/mol. The van der Waals surface area contributed by atoms with Crippen LogP contribution in [0, 0.1) is 0 Å². The third-order valence-corrected chi connectivity index (χ3v) is 4.34. The van der Waals surface area contributed by atoms with Crippen molar-refractivity contribution in [3.63, 3.8) is 0 Å². The Morgan fingerprint density at radius 1 is 1.17 bits per heavy atom. The van der Waals surface area contributed by atoms with Gasteiger partial charge in [-0.3, -0.25) is 14.4 Å². The first kappa shape index (κ1) is 20.2. The number of carboxylic acids is 1. The van der Waals surface area contributed by atoms with Gasteiger partial charge in [-0.05, 0) is 37.3 Å². The fourth-order valence-corrected chi connectivity index (χ4v) is 2.93. The lowest BCUT2D eigenvalue weighted by atomic mass is 10.1. The number of fused-ring (bicyclic) bond motifs is 1. The van der Waals surface area contributed by atoms with Crippen LogP contribution < -0.4 is 19.7 Å². The highest BCUT2D eigenvalue weighted by Gasteiger charge is 2.31. The zero-order valence-electron chi connectivity index (χ0n) is 16.0. The molecule has 1 atom stereocenters. The van der Waals surface area contributed by atoms with E-state index in [1.165, 1.54) is 0 Å². The summed E-state index contributed by atoms with van der Waals surface area (Å²) >= 11 is 0. The maximum Gasteiger partial charge on any atom is 0.303 e. The number of benzene rings is 2. The van der Waals surface area contributed by atoms with Crippen LogP contribution in [-0.4, -0.2) is 42.1 Å². The third-order valence-electron chi connectivity index (χ3n) is 4.34. The molecule has 0 aromatic heterocycles. The van der Waals surface area contributed by atoms with E-state index < -0.39 is 18.0 Å². The number of hydrogen-bond acceptors (Lipinski definition) is 5. The molecule has 2 amide bonds. The monoisotopic (exact) mass is 398 g/mol. The predicted molar refractivity (Wildman–Crippen MR) is 106 cm³/mol. The summed E-state index contributed by atoms with van der Waals surface area (Å²) < 4.78 is 11.4. The Hall–Kier alpha value is -3.55. The first-order valence-corrected chi connectivity index (χ1v) is 9.25. The van der Waals surface area contributed by atoms with Crippen LogP contribution in [-0.2, 0) is 14.4 Å². The molecule has 0 fully saturated rings. The predicted octanol–water partition coefficient (Wildman–Crippen LogP) is 2.68. The number of ether oxygens (including phenoxy) is 2. The highest BCUT2D eigenvalue weighted by atomic mass is 16.5. The zero-order valence-corrected chi connectivity index (χ0v) is 16.0. The number of aliphatic carboxylic acids is 1. The van der Waals surface area contributed by atoms with Gasteiger partial charge in [0.1, 0.15) is 18.1 Å². The molecule has 1 heterocycles. The third kappa shape index (κ3) is 5.25. The highest BCUT2D eigenvalue weighted by Crippen LogP contribution is 2.36. The van der Waals surface area contributed by atoms with Crippen LogP contribution >= 0.6 is 0 Å². The number of amides is 2. The van der Waals surface area contributed by atoms with E-state index in [4.69, 9.17) is 14.6 Å². The molecule has 0 saturated heterocycles. The standard InChI is InChI=1S/C21H22N2O6/c1-14-21(27)23(11-12-28-16-5-3-2-4-6-16)17-13-15(7-8-18(17)29-14)22-19(24)9-10-20(25)26/h2-8,13-14H,9-12H2,1H3,(H,22,24)(H,25,26). The summed E-state index contributed by atoms with van der Waals surface area (Å²) in [6.07, 6.45) is -1.01. The van der Waals surface area contributed by atoms with Crippen molar-refractivity contribution in [3.05, 3.63) is 48.5 Å². The molecule has 0 saturated carbocycles. The average molecular weight is 398 g/mol. The second kappa shape index (κ2) is 9.09. The lowest BCUT2D eigenvalue weighted by Crippen LogP contribution is -2.46. The Bertz CT molecular complexity index is 899. The summed E-state index contributed by atoms with van der Waals surface area (Å²) in [6.45, 7) is 2.28. The molecule has 0 radical (unpaired) electrons. The van der Waals surface area contributed by atoms with Crippen LogP contribution in [0.15, 0.2) is 48.5 Å². The lowest BCUT2D eigenvalue weighted by molar-refractivity contribution is -0.138. The Kier molecular flexibility index (Phi) is 6.33. The van der Waals surface area contributed by atoms with E-state index in [-0.39, 0.29) is 25.4 Å². The molecule has 29 heavy (non-hydrogen) atoms. The van der Waals surface area contributed by atoms with Crippen LogP contribution in [0.25, 0.3) is 0 Å². The summed E-state index contributed by atoms with van der Waals surface area (Å²) in [5, 5.41) is 11.3. The molecule has 0 spiro atoms. The van der Waals surface area contributed by atoms with Crippen LogP contribution in [0.4, 0.5) is 11.4 Å². The van der Waals surface area contributed by atoms with Crippen molar-refractivity contribution in [2.75, 3.05) is 23.4 Å². The molecule has 1 unspecified atom stereocenters. The summed E-state index contributed by atoms with van der Waals surface area (Å²) in [4.78, 5) is 36.7. The molecule has 0 bridgehead atoms. The topological polar surface area (TPSA) is 105 Å². The van der Waals surface area contributed by atoms with E-state index in [9.17, 15) is 14.4 Å². The molecule has 2 aromatic carbocycles. The fourth-order valence-electron chi connectivity index (χ4n) is 2.93. The number of carbonyl (C=O) groups excluding carboxylic acids is 2. The van der Waals surface area contributed by atoms with E-state index in [0.29, 0.717) is 29.4 Å². The molecule has 1 aliphatic heterocycles. The number of hydrogen-bond donors (Lipinski definition) is 2. The van der Waals surface area contributed by atoms with Gasteiger partial charge in [0.15, 0.2) is 6.10 Å². The maximum atomic E-state index is 12.6. The van der Waals surface area contributed by atoms with Crippen molar-refractivity contribution in [1.29, 1.82) is 0 Å². The van der Waals surface area contributed by atoms with Crippen molar-refractivity contribution >= 4 is 29.2 Å². The number of rotatable bonds is 8. The first-order chi connectivity index (χ1) is 13.9. The number of para-hydroxylation sites is 1. The normalized spacial score (nSPS) is 15.3. The molecule has 152 valence electrons. The number of carboxylic acid groups (broad SMARTS) is 1. The maximum absolute atomic E-state index is 12.6. The smallest absolute Gasteiger partial charge is 0.303 e. The van der Waals surface area contributed by atoms with E-state index in [2.05, 4.69) is 5.32 Å². The Morgan fingerprint density at radius 3 is 2.66 bits per heavy atom. The minimum Gasteiger partial charge on any atom is -0.492 e. The molecule has 1 aliphatic rings. The summed E-state index contributed by atoms with van der Waals surface area (Å²) in [6, 6.07) is 14.3. The van der Waals surface area contributed by atoms with Gasteiger partial charge in [-0.2, -0.15) is 0 Å². The number of nitrogens with zero attached hydrogens (tertiary/aromatic N) is 1. The van der Waals surface area contributed by atoms with E-state index >= 15 is 0 Å². The SMILES string of the molecule is CC1Oc2ccc(NC(=O)CCC(=O)O)cc2N(CCOc2ccccc2)C1=O. The Labute approximate surface area is 168 Å². The van der Waals surface area contributed by atoms with Crippen LogP contribution in [0.3, 0.4) is 0 Å². The van der Waals surface area contributed by atoms with Gasteiger partial charge >= 0.3 is 5.97 Å². The van der Waals surface area contributed by atoms with E-state index in [0.717, 1.165) is 0 Å². The second-order valence-electron chi connectivity index (χ2n) is 6.54. The molecular formula is C21H22N2O6. The van der Waals surface area contributed by atoms with Gasteiger partial charge in [-0.15, -0.1) is 0 Å². The number of nitrogens with one attached hydrogen (secondary N) is 1. The zero-order chi connectivity index (χ0) is 20.8. The first-order valence-electron chi connectivity index (χ1n) is 9.25. The quantitative estimate of drug-likeness (QED) is 0.708. The minimum absolute atomic E-state index is 0.131. The van der Waals surface area contributed by atoms with Crippen molar-refractivity contribution in [1.82, 2.24) is 0 Å². The van der Waals surface area contributed by atoms with Gasteiger partial charge in [-0.25, -0.2) is 0 Å². The number of anilines is 2. The van der Waals surface area contributed by atoms with Crippen LogP contribution in [0.5, 0.6) is 11.5 Å². The van der Waals surface area contributed by atoms with Gasteiger partial charge in [-0.1, -0.05) is 18.2 Å². The molecule has 2 N–H and O–H groups in total. The summed E-state index contributed by atoms with van der Waals surface area (Å²) in [5.41, 5.74) is 0.986. The van der Waals surface area contributed by atoms with Crippen molar-refractivity contribution < 1.29 is 29.0 Å². The largest absolute Gasteiger partial charge is 0.492 e. The Morgan fingerprint density at radius 2 is 1.93 bits per heavy atom. The fraction of sp³-hybridized carbons (Fsp3) is 0.286. The van der Waals surface area contributed by atoms with Gasteiger partial charge < -0.3 is 24.8 Å². The molecule has 0 aliphatic carbocycles. The van der Waals surface area contributed by atoms with Gasteiger partial charge in [0.25, 0.3) is 5.91 Å².